The van der Waals surface area contributed by atoms with Crippen LogP contribution in [0, 0.1) is 5.92 Å². The van der Waals surface area contributed by atoms with Crippen molar-refractivity contribution in [1.29, 1.82) is 0 Å². The molecule has 1 heterocycles. The predicted molar refractivity (Wildman–Crippen MR) is 120 cm³/mol. The van der Waals surface area contributed by atoms with Crippen molar-refractivity contribution in [3.63, 3.8) is 0 Å². The van der Waals surface area contributed by atoms with Crippen molar-refractivity contribution in [1.82, 2.24) is 15.1 Å². The minimum atomic E-state index is -0.209. The molecule has 0 spiro atoms. The molecule has 2 aliphatic rings. The van der Waals surface area contributed by atoms with E-state index in [4.69, 9.17) is 23.2 Å². The maximum atomic E-state index is 12.6. The second-order valence-electron chi connectivity index (χ2n) is 8.51. The number of carbonyl (C=O) groups excluding carboxylic acids is 2. The lowest BCUT2D eigenvalue weighted by atomic mass is 9.77. The molecule has 1 aliphatic carbocycles. The lowest BCUT2D eigenvalue weighted by Gasteiger charge is -2.46. The standard InChI is InChI=1S/C22H33Cl2N3O2/c1-16(23)12-19(13-17(2)24)21(29)25-14-18-6-10-27(11-7-18)15-20(28)26(4)22(3)8-5-9-22/h12-13,18H,1,5-11,14-15H2,2-4H3,(H,25,29)/b17-13+,19-12+. The lowest BCUT2D eigenvalue weighted by Crippen LogP contribution is -2.55. The van der Waals surface area contributed by atoms with E-state index in [0.717, 1.165) is 38.8 Å². The summed E-state index contributed by atoms with van der Waals surface area (Å²) in [5, 5.41) is 3.75. The summed E-state index contributed by atoms with van der Waals surface area (Å²) in [5.74, 6) is 0.395. The maximum absolute atomic E-state index is 12.6. The molecular weight excluding hydrogens is 409 g/mol. The Morgan fingerprint density at radius 3 is 2.34 bits per heavy atom. The summed E-state index contributed by atoms with van der Waals surface area (Å²) in [6.45, 7) is 10.3. The molecule has 1 N–H and O–H groups in total. The topological polar surface area (TPSA) is 52.7 Å². The van der Waals surface area contributed by atoms with Gasteiger partial charge in [0.05, 0.1) is 6.54 Å². The number of rotatable bonds is 8. The third-order valence-electron chi connectivity index (χ3n) is 6.16. The summed E-state index contributed by atoms with van der Waals surface area (Å²) in [6, 6.07) is 0. The molecule has 29 heavy (non-hydrogen) atoms. The number of piperidine rings is 1. The van der Waals surface area contributed by atoms with Gasteiger partial charge in [-0.15, -0.1) is 0 Å². The van der Waals surface area contributed by atoms with E-state index >= 15 is 0 Å². The fourth-order valence-corrected chi connectivity index (χ4v) is 4.10. The molecule has 7 heteroatoms. The van der Waals surface area contributed by atoms with Crippen LogP contribution in [0.1, 0.15) is 46.0 Å². The van der Waals surface area contributed by atoms with E-state index in [9.17, 15) is 9.59 Å². The van der Waals surface area contributed by atoms with Gasteiger partial charge in [-0.05, 0) is 77.1 Å². The zero-order valence-electron chi connectivity index (χ0n) is 17.8. The zero-order valence-corrected chi connectivity index (χ0v) is 19.3. The van der Waals surface area contributed by atoms with Crippen LogP contribution in [0.5, 0.6) is 0 Å². The van der Waals surface area contributed by atoms with Crippen molar-refractivity contribution in [2.24, 2.45) is 5.92 Å². The van der Waals surface area contributed by atoms with E-state index in [0.29, 0.717) is 29.6 Å². The largest absolute Gasteiger partial charge is 0.352 e. The Bertz CT molecular complexity index is 686. The normalized spacial score (nSPS) is 20.7. The number of halogens is 2. The minimum Gasteiger partial charge on any atom is -0.352 e. The van der Waals surface area contributed by atoms with E-state index in [2.05, 4.69) is 23.7 Å². The first-order chi connectivity index (χ1) is 13.6. The van der Waals surface area contributed by atoms with Gasteiger partial charge in [0.2, 0.25) is 5.91 Å². The molecule has 1 aliphatic heterocycles. The molecule has 2 rings (SSSR count). The molecule has 1 saturated heterocycles. The Morgan fingerprint density at radius 1 is 1.24 bits per heavy atom. The van der Waals surface area contributed by atoms with Gasteiger partial charge in [0.25, 0.3) is 5.91 Å². The second kappa shape index (κ2) is 10.6. The van der Waals surface area contributed by atoms with Crippen LogP contribution in [0.25, 0.3) is 0 Å². The van der Waals surface area contributed by atoms with E-state index in [1.165, 1.54) is 12.5 Å². The first-order valence-corrected chi connectivity index (χ1v) is 11.0. The van der Waals surface area contributed by atoms with Gasteiger partial charge in [-0.1, -0.05) is 29.8 Å². The van der Waals surface area contributed by atoms with E-state index in [1.807, 2.05) is 11.9 Å². The first-order valence-electron chi connectivity index (χ1n) is 10.3. The van der Waals surface area contributed by atoms with Crippen molar-refractivity contribution in [3.05, 3.63) is 34.4 Å². The molecule has 2 amide bonds. The number of likely N-dealkylation sites (N-methyl/N-ethyl adjacent to an activating group) is 1. The number of amides is 2. The van der Waals surface area contributed by atoms with E-state index < -0.39 is 0 Å². The highest BCUT2D eigenvalue weighted by Crippen LogP contribution is 2.36. The Balaban J connectivity index is 1.76. The van der Waals surface area contributed by atoms with E-state index in [-0.39, 0.29) is 22.4 Å². The summed E-state index contributed by atoms with van der Waals surface area (Å²) in [6.07, 6.45) is 8.42. The molecule has 0 radical (unpaired) electrons. The van der Waals surface area contributed by atoms with Gasteiger partial charge in [-0.25, -0.2) is 0 Å². The SMILES string of the molecule is C=C(Cl)/C=C(\C=C(/C)Cl)C(=O)NCC1CCN(CC(=O)N(C)C2(C)CCC2)CC1. The third kappa shape index (κ3) is 7.16. The van der Waals surface area contributed by atoms with Crippen molar-refractivity contribution < 1.29 is 9.59 Å². The molecule has 0 aromatic carbocycles. The van der Waals surface area contributed by atoms with Gasteiger partial charge in [-0.3, -0.25) is 14.5 Å². The predicted octanol–water partition coefficient (Wildman–Crippen LogP) is 4.04. The summed E-state index contributed by atoms with van der Waals surface area (Å²) in [5.41, 5.74) is 0.447. The van der Waals surface area contributed by atoms with Crippen molar-refractivity contribution in [2.75, 3.05) is 33.2 Å². The molecule has 5 nitrogen and oxygen atoms in total. The first kappa shape index (κ1) is 24.0. The van der Waals surface area contributed by atoms with Gasteiger partial charge < -0.3 is 10.2 Å². The van der Waals surface area contributed by atoms with Gasteiger partial charge in [0.1, 0.15) is 0 Å². The quantitative estimate of drug-likeness (QED) is 0.456. The zero-order chi connectivity index (χ0) is 21.6. The molecular formula is C22H33Cl2N3O2. The summed E-state index contributed by atoms with van der Waals surface area (Å²) in [4.78, 5) is 29.2. The minimum absolute atomic E-state index is 0.0507. The van der Waals surface area contributed by atoms with Crippen LogP contribution in [0.3, 0.4) is 0 Å². The van der Waals surface area contributed by atoms with Crippen LogP contribution < -0.4 is 5.32 Å². The van der Waals surface area contributed by atoms with Crippen LogP contribution in [0.2, 0.25) is 0 Å². The Kier molecular flexibility index (Phi) is 8.80. The molecule has 0 aromatic heterocycles. The molecule has 0 bridgehead atoms. The van der Waals surface area contributed by atoms with Crippen LogP contribution >= 0.6 is 23.2 Å². The van der Waals surface area contributed by atoms with Gasteiger partial charge >= 0.3 is 0 Å². The molecule has 0 unspecified atom stereocenters. The summed E-state index contributed by atoms with van der Waals surface area (Å²) >= 11 is 11.7. The fraction of sp³-hybridized carbons (Fsp3) is 0.636. The highest BCUT2D eigenvalue weighted by Gasteiger charge is 2.38. The van der Waals surface area contributed by atoms with Gasteiger partial charge in [0, 0.05) is 34.8 Å². The number of nitrogens with one attached hydrogen (secondary N) is 1. The number of likely N-dealkylation sites (tertiary alicyclic amines) is 1. The molecule has 1 saturated carbocycles. The fourth-order valence-electron chi connectivity index (χ4n) is 3.87. The number of hydrogen-bond donors (Lipinski definition) is 1. The molecule has 2 fully saturated rings. The van der Waals surface area contributed by atoms with Crippen molar-refractivity contribution >= 4 is 35.0 Å². The van der Waals surface area contributed by atoms with Crippen LogP contribution in [-0.4, -0.2) is 60.4 Å². The Hall–Kier alpha value is -1.30. The molecule has 0 atom stereocenters. The molecule has 0 aromatic rings. The average molecular weight is 442 g/mol. The van der Waals surface area contributed by atoms with E-state index in [1.54, 1.807) is 13.0 Å². The van der Waals surface area contributed by atoms with Crippen LogP contribution in [0.15, 0.2) is 34.4 Å². The van der Waals surface area contributed by atoms with Gasteiger partial charge in [-0.2, -0.15) is 0 Å². The molecule has 162 valence electrons. The smallest absolute Gasteiger partial charge is 0.251 e. The van der Waals surface area contributed by atoms with Crippen LogP contribution in [0.4, 0.5) is 0 Å². The average Bonchev–Trinajstić information content (AvgIpc) is 2.63. The maximum Gasteiger partial charge on any atom is 0.251 e. The van der Waals surface area contributed by atoms with Crippen molar-refractivity contribution in [2.45, 2.75) is 51.5 Å². The summed E-state index contributed by atoms with van der Waals surface area (Å²) < 4.78 is 0. The highest BCUT2D eigenvalue weighted by atomic mass is 35.5. The van der Waals surface area contributed by atoms with Crippen molar-refractivity contribution in [3.8, 4) is 0 Å². The number of nitrogens with zero attached hydrogens (tertiary/aromatic N) is 2. The Labute approximate surface area is 184 Å². The third-order valence-corrected chi connectivity index (χ3v) is 6.38. The number of allylic oxidation sites excluding steroid dienone is 3. The lowest BCUT2D eigenvalue weighted by molar-refractivity contribution is -0.139. The highest BCUT2D eigenvalue weighted by molar-refractivity contribution is 6.31. The summed E-state index contributed by atoms with van der Waals surface area (Å²) in [7, 11) is 1.93. The number of hydrogen-bond acceptors (Lipinski definition) is 3. The Morgan fingerprint density at radius 2 is 1.86 bits per heavy atom. The van der Waals surface area contributed by atoms with Crippen LogP contribution in [-0.2, 0) is 9.59 Å². The number of carbonyl (C=O) groups is 2. The second-order valence-corrected chi connectivity index (χ2v) is 9.59. The monoisotopic (exact) mass is 441 g/mol. The van der Waals surface area contributed by atoms with Gasteiger partial charge in [0.15, 0.2) is 0 Å².